The van der Waals surface area contributed by atoms with Crippen molar-refractivity contribution < 1.29 is 19.4 Å². The molecule has 0 fully saturated rings. The number of aliphatic carboxylic acids is 1. The summed E-state index contributed by atoms with van der Waals surface area (Å²) in [5.74, 6) is -1.39. The lowest BCUT2D eigenvalue weighted by Crippen LogP contribution is -2.41. The zero-order valence-electron chi connectivity index (χ0n) is 11.2. The largest absolute Gasteiger partial charge is 0.480 e. The lowest BCUT2D eigenvalue weighted by atomic mass is 10.1. The molecule has 1 amide bonds. The van der Waals surface area contributed by atoms with E-state index >= 15 is 0 Å². The smallest absolute Gasteiger partial charge is 0.326 e. The number of ether oxygens (including phenoxy) is 1. The van der Waals surface area contributed by atoms with E-state index in [2.05, 4.69) is 73.1 Å². The summed E-state index contributed by atoms with van der Waals surface area (Å²) in [6, 6.07) is 2.82. The van der Waals surface area contributed by atoms with E-state index in [1.54, 1.807) is 13.2 Å². The molecule has 1 unspecified atom stereocenters. The van der Waals surface area contributed by atoms with Gasteiger partial charge in [-0.15, -0.1) is 0 Å². The van der Waals surface area contributed by atoms with Gasteiger partial charge in [-0.3, -0.25) is 4.79 Å². The molecule has 0 spiro atoms. The first kappa shape index (κ1) is 19.4. The maximum Gasteiger partial charge on any atom is 0.326 e. The SMILES string of the molecule is COCCCC(NC(=O)c1cc(I)cc(I)c1I)C(=O)O. The Morgan fingerprint density at radius 2 is 2.00 bits per heavy atom. The van der Waals surface area contributed by atoms with Gasteiger partial charge in [-0.05, 0) is 92.7 Å². The van der Waals surface area contributed by atoms with Crippen LogP contribution in [0.25, 0.3) is 0 Å². The second-order valence-electron chi connectivity index (χ2n) is 4.25. The van der Waals surface area contributed by atoms with Crippen molar-refractivity contribution in [3.8, 4) is 0 Å². The van der Waals surface area contributed by atoms with Gasteiger partial charge in [0, 0.05) is 24.4 Å². The van der Waals surface area contributed by atoms with Gasteiger partial charge < -0.3 is 15.2 Å². The molecule has 0 saturated heterocycles. The van der Waals surface area contributed by atoms with Crippen LogP contribution in [0, 0.1) is 10.7 Å². The van der Waals surface area contributed by atoms with Crippen LogP contribution in [0.2, 0.25) is 0 Å². The van der Waals surface area contributed by atoms with Crippen molar-refractivity contribution in [2.45, 2.75) is 18.9 Å². The molecule has 1 atom stereocenters. The molecule has 5 nitrogen and oxygen atoms in total. The molecular formula is C13H14I3NO4. The van der Waals surface area contributed by atoms with Gasteiger partial charge in [-0.2, -0.15) is 0 Å². The fraction of sp³-hybridized carbons (Fsp3) is 0.385. The van der Waals surface area contributed by atoms with Crippen LogP contribution in [-0.4, -0.2) is 36.7 Å². The molecule has 1 rings (SSSR count). The summed E-state index contributed by atoms with van der Waals surface area (Å²) in [7, 11) is 1.56. The lowest BCUT2D eigenvalue weighted by Gasteiger charge is -2.15. The topological polar surface area (TPSA) is 75.6 Å². The molecule has 0 radical (unpaired) electrons. The number of amides is 1. The highest BCUT2D eigenvalue weighted by Gasteiger charge is 2.22. The van der Waals surface area contributed by atoms with Crippen LogP contribution in [0.5, 0.6) is 0 Å². The highest BCUT2D eigenvalue weighted by molar-refractivity contribution is 14.1. The Balaban J connectivity index is 2.85. The van der Waals surface area contributed by atoms with Gasteiger partial charge in [0.25, 0.3) is 5.91 Å². The Labute approximate surface area is 164 Å². The molecule has 0 saturated carbocycles. The zero-order valence-corrected chi connectivity index (χ0v) is 17.6. The van der Waals surface area contributed by atoms with Crippen molar-refractivity contribution in [3.05, 3.63) is 28.4 Å². The molecule has 0 heterocycles. The summed E-state index contributed by atoms with van der Waals surface area (Å²) in [6.45, 7) is 0.471. The van der Waals surface area contributed by atoms with Crippen molar-refractivity contribution in [2.24, 2.45) is 0 Å². The number of halogens is 3. The Kier molecular flexibility index (Phi) is 8.71. The Hall–Kier alpha value is 0.310. The number of carboxylic acids is 1. The van der Waals surface area contributed by atoms with E-state index in [1.807, 2.05) is 6.07 Å². The van der Waals surface area contributed by atoms with E-state index in [0.29, 0.717) is 25.0 Å². The standard InChI is InChI=1S/C13H14I3NO4/c1-21-4-2-3-10(13(19)20)17-12(18)8-5-7(14)6-9(15)11(8)16/h5-6,10H,2-4H2,1H3,(H,17,18)(H,19,20). The molecule has 0 aliphatic heterocycles. The average Bonchev–Trinajstić information content (AvgIpc) is 2.41. The number of rotatable bonds is 7. The minimum absolute atomic E-state index is 0.340. The molecule has 1 aromatic rings. The maximum absolute atomic E-state index is 12.3. The van der Waals surface area contributed by atoms with Crippen LogP contribution in [0.15, 0.2) is 12.1 Å². The number of methoxy groups -OCH3 is 1. The van der Waals surface area contributed by atoms with Gasteiger partial charge in [0.05, 0.1) is 5.56 Å². The predicted molar refractivity (Wildman–Crippen MR) is 105 cm³/mol. The van der Waals surface area contributed by atoms with Crippen molar-refractivity contribution in [2.75, 3.05) is 13.7 Å². The first-order valence-electron chi connectivity index (χ1n) is 6.04. The highest BCUT2D eigenvalue weighted by atomic mass is 127. The van der Waals surface area contributed by atoms with Crippen molar-refractivity contribution in [1.29, 1.82) is 0 Å². The Morgan fingerprint density at radius 3 is 2.57 bits per heavy atom. The van der Waals surface area contributed by atoms with Gasteiger partial charge in [0.15, 0.2) is 0 Å². The summed E-state index contributed by atoms with van der Waals surface area (Å²) in [5.41, 5.74) is 0.505. The number of hydrogen-bond acceptors (Lipinski definition) is 3. The number of carbonyl (C=O) groups excluding carboxylic acids is 1. The molecular weight excluding hydrogens is 615 g/mol. The summed E-state index contributed by atoms with van der Waals surface area (Å²) in [4.78, 5) is 23.5. The van der Waals surface area contributed by atoms with Gasteiger partial charge in [0.1, 0.15) is 6.04 Å². The number of carboxylic acid groups (broad SMARTS) is 1. The number of benzene rings is 1. The van der Waals surface area contributed by atoms with E-state index in [0.717, 1.165) is 10.7 Å². The molecule has 0 aliphatic rings. The molecule has 1 aromatic carbocycles. The minimum Gasteiger partial charge on any atom is -0.480 e. The number of nitrogens with one attached hydrogen (secondary N) is 1. The maximum atomic E-state index is 12.3. The van der Waals surface area contributed by atoms with E-state index in [9.17, 15) is 14.7 Å². The molecule has 116 valence electrons. The number of hydrogen-bond donors (Lipinski definition) is 2. The van der Waals surface area contributed by atoms with Crippen LogP contribution < -0.4 is 5.32 Å². The minimum atomic E-state index is -1.03. The zero-order chi connectivity index (χ0) is 16.0. The molecule has 0 aliphatic carbocycles. The van der Waals surface area contributed by atoms with Gasteiger partial charge in [0.2, 0.25) is 0 Å². The van der Waals surface area contributed by atoms with Crippen LogP contribution in [-0.2, 0) is 9.53 Å². The fourth-order valence-electron chi connectivity index (χ4n) is 1.65. The van der Waals surface area contributed by atoms with Crippen LogP contribution >= 0.6 is 67.8 Å². The first-order chi connectivity index (χ1) is 9.86. The van der Waals surface area contributed by atoms with E-state index < -0.39 is 12.0 Å². The number of carbonyl (C=O) groups is 2. The normalized spacial score (nSPS) is 12.0. The first-order valence-corrected chi connectivity index (χ1v) is 9.27. The second kappa shape index (κ2) is 9.45. The van der Waals surface area contributed by atoms with Crippen LogP contribution in [0.3, 0.4) is 0 Å². The summed E-state index contributed by atoms with van der Waals surface area (Å²) < 4.78 is 7.64. The van der Waals surface area contributed by atoms with Crippen LogP contribution in [0.1, 0.15) is 23.2 Å². The fourth-order valence-corrected chi connectivity index (χ4v) is 4.05. The van der Waals surface area contributed by atoms with E-state index in [-0.39, 0.29) is 5.91 Å². The summed E-state index contributed by atoms with van der Waals surface area (Å²) >= 11 is 6.39. The third-order valence-corrected chi connectivity index (χ3v) is 6.35. The molecule has 2 N–H and O–H groups in total. The quantitative estimate of drug-likeness (QED) is 0.277. The second-order valence-corrected chi connectivity index (χ2v) is 7.74. The summed E-state index contributed by atoms with van der Waals surface area (Å²) in [6.07, 6.45) is 0.918. The molecule has 0 aromatic heterocycles. The Bertz CT molecular complexity index is 536. The van der Waals surface area contributed by atoms with Gasteiger partial charge in [-0.25, -0.2) is 4.79 Å². The molecule has 8 heteroatoms. The van der Waals surface area contributed by atoms with Crippen molar-refractivity contribution >= 4 is 79.6 Å². The molecule has 0 bridgehead atoms. The van der Waals surface area contributed by atoms with Gasteiger partial charge in [-0.1, -0.05) is 0 Å². The average molecular weight is 629 g/mol. The third-order valence-electron chi connectivity index (χ3n) is 2.68. The summed E-state index contributed by atoms with van der Waals surface area (Å²) in [5, 5.41) is 11.8. The Morgan fingerprint density at radius 1 is 1.33 bits per heavy atom. The molecule has 21 heavy (non-hydrogen) atoms. The predicted octanol–water partition coefficient (Wildman–Crippen LogP) is 3.11. The lowest BCUT2D eigenvalue weighted by molar-refractivity contribution is -0.139. The highest BCUT2D eigenvalue weighted by Crippen LogP contribution is 2.23. The van der Waals surface area contributed by atoms with Crippen LogP contribution in [0.4, 0.5) is 0 Å². The monoisotopic (exact) mass is 629 g/mol. The van der Waals surface area contributed by atoms with Crippen molar-refractivity contribution in [1.82, 2.24) is 5.32 Å². The van der Waals surface area contributed by atoms with Crippen molar-refractivity contribution in [3.63, 3.8) is 0 Å². The van der Waals surface area contributed by atoms with E-state index in [4.69, 9.17) is 4.74 Å². The van der Waals surface area contributed by atoms with Gasteiger partial charge >= 0.3 is 5.97 Å². The van der Waals surface area contributed by atoms with E-state index in [1.165, 1.54) is 0 Å². The third kappa shape index (κ3) is 6.14.